The average molecular weight is 365 g/mol. The SMILES string of the molecule is O=C1CC(=O)Nc2cc(C(Br)CCC(F)(F)F)ccc2N1. The Hall–Kier alpha value is -1.57. The van der Waals surface area contributed by atoms with Crippen LogP contribution in [0.1, 0.15) is 29.7 Å². The molecule has 0 saturated carbocycles. The highest BCUT2D eigenvalue weighted by molar-refractivity contribution is 9.09. The maximum absolute atomic E-state index is 12.2. The molecule has 0 bridgehead atoms. The Morgan fingerprint density at radius 1 is 1.14 bits per heavy atom. The minimum absolute atomic E-state index is 0.109. The first-order valence-electron chi connectivity index (χ1n) is 6.19. The molecule has 4 nitrogen and oxygen atoms in total. The molecule has 0 aromatic heterocycles. The molecule has 114 valence electrons. The second-order valence-corrected chi connectivity index (χ2v) is 5.80. The number of carbonyl (C=O) groups excluding carboxylic acids is 2. The zero-order chi connectivity index (χ0) is 15.6. The molecule has 2 rings (SSSR count). The van der Waals surface area contributed by atoms with Crippen LogP contribution >= 0.6 is 15.9 Å². The fourth-order valence-electron chi connectivity index (χ4n) is 1.96. The molecule has 0 radical (unpaired) electrons. The third-order valence-corrected chi connectivity index (χ3v) is 3.94. The van der Waals surface area contributed by atoms with Crippen LogP contribution in [0.3, 0.4) is 0 Å². The molecule has 1 aromatic rings. The Kier molecular flexibility index (Phi) is 4.55. The smallest absolute Gasteiger partial charge is 0.324 e. The second-order valence-electron chi connectivity index (χ2n) is 4.70. The molecular formula is C13H12BrF3N2O2. The summed E-state index contributed by atoms with van der Waals surface area (Å²) >= 11 is 3.21. The number of nitrogens with one attached hydrogen (secondary N) is 2. The highest BCUT2D eigenvalue weighted by atomic mass is 79.9. The minimum Gasteiger partial charge on any atom is -0.324 e. The molecule has 21 heavy (non-hydrogen) atoms. The number of rotatable bonds is 3. The molecule has 1 unspecified atom stereocenters. The van der Waals surface area contributed by atoms with Gasteiger partial charge in [-0.05, 0) is 24.1 Å². The summed E-state index contributed by atoms with van der Waals surface area (Å²) in [4.78, 5) is 22.4. The van der Waals surface area contributed by atoms with Gasteiger partial charge in [-0.1, -0.05) is 22.0 Å². The van der Waals surface area contributed by atoms with Crippen molar-refractivity contribution >= 4 is 39.1 Å². The molecule has 1 aliphatic rings. The van der Waals surface area contributed by atoms with Crippen molar-refractivity contribution in [3.8, 4) is 0 Å². The topological polar surface area (TPSA) is 58.2 Å². The lowest BCUT2D eigenvalue weighted by Crippen LogP contribution is -2.16. The van der Waals surface area contributed by atoms with Crippen molar-refractivity contribution in [1.29, 1.82) is 0 Å². The number of hydrogen-bond donors (Lipinski definition) is 2. The first-order chi connectivity index (χ1) is 9.74. The van der Waals surface area contributed by atoms with Gasteiger partial charge in [-0.2, -0.15) is 13.2 Å². The summed E-state index contributed by atoms with van der Waals surface area (Å²) in [6.07, 6.45) is -5.50. The lowest BCUT2D eigenvalue weighted by molar-refractivity contribution is -0.135. The second kappa shape index (κ2) is 6.05. The largest absolute Gasteiger partial charge is 0.389 e. The quantitative estimate of drug-likeness (QED) is 0.633. The molecule has 2 N–H and O–H groups in total. The van der Waals surface area contributed by atoms with Crippen LogP contribution in [0.25, 0.3) is 0 Å². The summed E-state index contributed by atoms with van der Waals surface area (Å²) in [6, 6.07) is 4.75. The Morgan fingerprint density at radius 3 is 2.38 bits per heavy atom. The Morgan fingerprint density at radius 2 is 1.76 bits per heavy atom. The molecule has 1 aromatic carbocycles. The van der Waals surface area contributed by atoms with Crippen molar-refractivity contribution in [2.24, 2.45) is 0 Å². The zero-order valence-corrected chi connectivity index (χ0v) is 12.3. The molecule has 2 amide bonds. The fraction of sp³-hybridized carbons (Fsp3) is 0.385. The van der Waals surface area contributed by atoms with E-state index in [2.05, 4.69) is 26.6 Å². The van der Waals surface area contributed by atoms with E-state index in [1.54, 1.807) is 18.2 Å². The molecule has 8 heteroatoms. The van der Waals surface area contributed by atoms with Crippen molar-refractivity contribution in [2.45, 2.75) is 30.3 Å². The van der Waals surface area contributed by atoms with Crippen LogP contribution in [0.5, 0.6) is 0 Å². The van der Waals surface area contributed by atoms with Crippen LogP contribution in [-0.4, -0.2) is 18.0 Å². The van der Waals surface area contributed by atoms with Gasteiger partial charge < -0.3 is 10.6 Å². The van der Waals surface area contributed by atoms with E-state index in [0.717, 1.165) is 0 Å². The third kappa shape index (κ3) is 4.45. The monoisotopic (exact) mass is 364 g/mol. The van der Waals surface area contributed by atoms with Gasteiger partial charge in [-0.3, -0.25) is 9.59 Å². The number of halogens is 4. The Labute approximate surface area is 127 Å². The van der Waals surface area contributed by atoms with Gasteiger partial charge in [0.1, 0.15) is 6.42 Å². The number of alkyl halides is 4. The van der Waals surface area contributed by atoms with Crippen LogP contribution in [0.15, 0.2) is 18.2 Å². The Bertz CT molecular complexity index is 575. The van der Waals surface area contributed by atoms with Crippen molar-refractivity contribution in [2.75, 3.05) is 10.6 Å². The van der Waals surface area contributed by atoms with Gasteiger partial charge >= 0.3 is 6.18 Å². The van der Waals surface area contributed by atoms with Gasteiger partial charge in [0.15, 0.2) is 0 Å². The highest BCUT2D eigenvalue weighted by Crippen LogP contribution is 2.36. The van der Waals surface area contributed by atoms with E-state index in [0.29, 0.717) is 16.9 Å². The van der Waals surface area contributed by atoms with Crippen molar-refractivity contribution < 1.29 is 22.8 Å². The number of hydrogen-bond acceptors (Lipinski definition) is 2. The molecule has 0 saturated heterocycles. The van der Waals surface area contributed by atoms with Gasteiger partial charge in [-0.15, -0.1) is 0 Å². The Balaban J connectivity index is 2.16. The van der Waals surface area contributed by atoms with E-state index in [9.17, 15) is 22.8 Å². The predicted molar refractivity (Wildman–Crippen MR) is 75.3 cm³/mol. The number of fused-ring (bicyclic) bond motifs is 1. The predicted octanol–water partition coefficient (Wildman–Crippen LogP) is 3.75. The van der Waals surface area contributed by atoms with Crippen LogP contribution in [0.2, 0.25) is 0 Å². The van der Waals surface area contributed by atoms with Gasteiger partial charge in [0.25, 0.3) is 0 Å². The standard InChI is InChI=1S/C13H12BrF3N2O2/c14-8(3-4-13(15,16)17)7-1-2-9-10(5-7)19-12(21)6-11(20)18-9/h1-2,5,8H,3-4,6H2,(H,18,20)(H,19,21). The van der Waals surface area contributed by atoms with Gasteiger partial charge in [0.05, 0.1) is 11.4 Å². The van der Waals surface area contributed by atoms with E-state index in [4.69, 9.17) is 0 Å². The van der Waals surface area contributed by atoms with Crippen LogP contribution in [0, 0.1) is 0 Å². The number of benzene rings is 1. The molecule has 1 atom stereocenters. The van der Waals surface area contributed by atoms with E-state index >= 15 is 0 Å². The summed E-state index contributed by atoms with van der Waals surface area (Å²) in [5.74, 6) is -0.878. The molecule has 0 aliphatic carbocycles. The van der Waals surface area contributed by atoms with E-state index < -0.39 is 29.2 Å². The van der Waals surface area contributed by atoms with E-state index in [-0.39, 0.29) is 12.8 Å². The highest BCUT2D eigenvalue weighted by Gasteiger charge is 2.28. The lowest BCUT2D eigenvalue weighted by atomic mass is 10.1. The molecule has 0 fully saturated rings. The first kappa shape index (κ1) is 15.8. The third-order valence-electron chi connectivity index (χ3n) is 2.96. The van der Waals surface area contributed by atoms with Crippen LogP contribution in [0.4, 0.5) is 24.5 Å². The summed E-state index contributed by atoms with van der Waals surface area (Å²) < 4.78 is 36.7. The maximum Gasteiger partial charge on any atom is 0.389 e. The number of anilines is 2. The normalized spacial score (nSPS) is 16.6. The molecule has 0 spiro atoms. The van der Waals surface area contributed by atoms with Crippen LogP contribution < -0.4 is 10.6 Å². The molecule has 1 heterocycles. The summed E-state index contributed by atoms with van der Waals surface area (Å²) in [5, 5.41) is 5.11. The minimum atomic E-state index is -4.21. The number of amides is 2. The van der Waals surface area contributed by atoms with Crippen molar-refractivity contribution in [1.82, 2.24) is 0 Å². The zero-order valence-electron chi connectivity index (χ0n) is 10.8. The van der Waals surface area contributed by atoms with Gasteiger partial charge in [0, 0.05) is 11.2 Å². The van der Waals surface area contributed by atoms with E-state index in [1.165, 1.54) is 0 Å². The number of carbonyl (C=O) groups is 2. The van der Waals surface area contributed by atoms with E-state index in [1.807, 2.05) is 0 Å². The van der Waals surface area contributed by atoms with Crippen molar-refractivity contribution in [3.05, 3.63) is 23.8 Å². The van der Waals surface area contributed by atoms with Gasteiger partial charge in [0.2, 0.25) is 11.8 Å². The summed E-state index contributed by atoms with van der Waals surface area (Å²) in [5.41, 5.74) is 1.43. The lowest BCUT2D eigenvalue weighted by Gasteiger charge is -2.15. The summed E-state index contributed by atoms with van der Waals surface area (Å²) in [6.45, 7) is 0. The first-order valence-corrected chi connectivity index (χ1v) is 7.10. The average Bonchev–Trinajstić information content (AvgIpc) is 2.50. The van der Waals surface area contributed by atoms with Crippen LogP contribution in [-0.2, 0) is 9.59 Å². The maximum atomic E-state index is 12.2. The fourth-order valence-corrected chi connectivity index (χ4v) is 2.47. The molecular weight excluding hydrogens is 353 g/mol. The van der Waals surface area contributed by atoms with Crippen molar-refractivity contribution in [3.63, 3.8) is 0 Å². The summed E-state index contributed by atoms with van der Waals surface area (Å²) in [7, 11) is 0. The van der Waals surface area contributed by atoms with Gasteiger partial charge in [-0.25, -0.2) is 0 Å². The molecule has 1 aliphatic heterocycles.